The van der Waals surface area contributed by atoms with E-state index in [0.29, 0.717) is 10.5 Å². The smallest absolute Gasteiger partial charge is 0.304 e. The van der Waals surface area contributed by atoms with Crippen molar-refractivity contribution in [1.82, 2.24) is 36.8 Å². The fourth-order valence-corrected chi connectivity index (χ4v) is 3.76. The maximum absolute atomic E-state index is 12.8. The van der Waals surface area contributed by atoms with Crippen LogP contribution in [-0.2, 0) is 54.3 Å². The van der Waals surface area contributed by atoms with Gasteiger partial charge in [-0.05, 0) is 5.56 Å². The molecule has 0 radical (unpaired) electrons. The maximum atomic E-state index is 12.8. The molecule has 1 aromatic rings. The molecule has 2 rings (SSSR count). The Hall–Kier alpha value is -5.61. The fourth-order valence-electron chi connectivity index (χ4n) is 3.76. The lowest BCUT2D eigenvalue weighted by atomic mass is 10.1. The number of benzene rings is 1. The highest BCUT2D eigenvalue weighted by Crippen LogP contribution is 2.09. The van der Waals surface area contributed by atoms with Gasteiger partial charge < -0.3 is 36.6 Å². The summed E-state index contributed by atoms with van der Waals surface area (Å²) in [5.41, 5.74) is 0.693. The van der Waals surface area contributed by atoms with Crippen molar-refractivity contribution >= 4 is 53.2 Å². The van der Waals surface area contributed by atoms with E-state index in [2.05, 4.69) is 36.6 Å². The summed E-state index contributed by atoms with van der Waals surface area (Å²) in [6.07, 6.45) is 2.10. The van der Waals surface area contributed by atoms with E-state index in [1.165, 1.54) is 0 Å². The monoisotopic (exact) mass is 629 g/mol. The lowest BCUT2D eigenvalue weighted by molar-refractivity contribution is -0.146. The normalized spacial score (nSPS) is 13.2. The third-order valence-corrected chi connectivity index (χ3v) is 6.04. The third kappa shape index (κ3) is 12.7. The first-order valence-electron chi connectivity index (χ1n) is 13.8. The second-order valence-corrected chi connectivity index (χ2v) is 9.46. The van der Waals surface area contributed by atoms with Gasteiger partial charge in [0.15, 0.2) is 6.73 Å². The molecule has 17 nitrogen and oxygen atoms in total. The van der Waals surface area contributed by atoms with Crippen LogP contribution in [-0.4, -0.2) is 103 Å². The lowest BCUT2D eigenvalue weighted by Crippen LogP contribution is -2.56. The van der Waals surface area contributed by atoms with Crippen molar-refractivity contribution in [3.05, 3.63) is 48.0 Å². The van der Waals surface area contributed by atoms with Crippen LogP contribution in [0.1, 0.15) is 25.8 Å². The molecule has 1 heterocycles. The van der Waals surface area contributed by atoms with E-state index in [1.807, 2.05) is 0 Å². The van der Waals surface area contributed by atoms with E-state index in [1.54, 1.807) is 37.3 Å². The standard InChI is InChI=1S/C28H35N7O10/c1-3-21(37)29-12-20(35-25(41)9-10-26(35)42)28(44)32-13-22(38)30-15-24(40)34-19(11-18-7-5-4-6-8-18)27(43)31-14-23(39)33-16-45-17(2)36/h4-10,19-20H,3,11-16H2,1-2H3,(H,29,37)(H,30,38)(H,31,43)(H,32,44)(H,33,39)(H,34,40)/t19-,20?/m0/s1. The Balaban J connectivity index is 1.91. The number of esters is 1. The highest BCUT2D eigenvalue weighted by molar-refractivity contribution is 6.15. The number of amides is 8. The number of hydrogen-bond acceptors (Lipinski definition) is 10. The maximum Gasteiger partial charge on any atom is 0.304 e. The van der Waals surface area contributed by atoms with E-state index in [0.717, 1.165) is 19.1 Å². The first kappa shape index (κ1) is 35.6. The van der Waals surface area contributed by atoms with E-state index in [4.69, 9.17) is 0 Å². The van der Waals surface area contributed by atoms with Crippen molar-refractivity contribution < 1.29 is 47.9 Å². The minimum atomic E-state index is -1.42. The van der Waals surface area contributed by atoms with Crippen molar-refractivity contribution in [1.29, 1.82) is 0 Å². The molecule has 0 saturated heterocycles. The number of rotatable bonds is 17. The number of ether oxygens (including phenoxy) is 1. The van der Waals surface area contributed by atoms with Crippen LogP contribution in [0.15, 0.2) is 42.5 Å². The Morgan fingerprint density at radius 3 is 1.91 bits per heavy atom. The number of hydrogen-bond donors (Lipinski definition) is 6. The van der Waals surface area contributed by atoms with Crippen molar-refractivity contribution in [3.63, 3.8) is 0 Å². The summed E-state index contributed by atoms with van der Waals surface area (Å²) in [7, 11) is 0. The van der Waals surface area contributed by atoms with Crippen molar-refractivity contribution in [2.75, 3.05) is 32.9 Å². The molecular formula is C28H35N7O10. The molecule has 17 heteroatoms. The number of carbonyl (C=O) groups is 9. The van der Waals surface area contributed by atoms with Crippen LogP contribution in [0.2, 0.25) is 0 Å². The van der Waals surface area contributed by atoms with Crippen LogP contribution >= 0.6 is 0 Å². The Morgan fingerprint density at radius 2 is 1.31 bits per heavy atom. The van der Waals surface area contributed by atoms with Gasteiger partial charge in [-0.3, -0.25) is 48.1 Å². The fraction of sp³-hybridized carbons (Fsp3) is 0.393. The van der Waals surface area contributed by atoms with Crippen LogP contribution in [0.4, 0.5) is 0 Å². The largest absolute Gasteiger partial charge is 0.445 e. The number of nitrogens with zero attached hydrogens (tertiary/aromatic N) is 1. The summed E-state index contributed by atoms with van der Waals surface area (Å²) < 4.78 is 4.60. The van der Waals surface area contributed by atoms with Crippen LogP contribution < -0.4 is 31.9 Å². The zero-order valence-electron chi connectivity index (χ0n) is 24.7. The highest BCUT2D eigenvalue weighted by Gasteiger charge is 2.36. The highest BCUT2D eigenvalue weighted by atomic mass is 16.5. The predicted molar refractivity (Wildman–Crippen MR) is 154 cm³/mol. The van der Waals surface area contributed by atoms with Gasteiger partial charge in [0.2, 0.25) is 35.4 Å². The molecule has 0 fully saturated rings. The number of imide groups is 1. The molecule has 0 bridgehead atoms. The van der Waals surface area contributed by atoms with Gasteiger partial charge in [0.05, 0.1) is 19.6 Å². The molecule has 1 aliphatic heterocycles. The molecule has 0 saturated carbocycles. The average Bonchev–Trinajstić information content (AvgIpc) is 3.34. The van der Waals surface area contributed by atoms with Crippen molar-refractivity contribution in [2.24, 2.45) is 0 Å². The molecule has 242 valence electrons. The molecule has 1 aliphatic rings. The molecule has 0 aromatic heterocycles. The van der Waals surface area contributed by atoms with E-state index in [9.17, 15) is 43.2 Å². The van der Waals surface area contributed by atoms with Crippen LogP contribution in [0, 0.1) is 0 Å². The first-order valence-corrected chi connectivity index (χ1v) is 13.8. The zero-order chi connectivity index (χ0) is 33.4. The Kier molecular flexibility index (Phi) is 14.3. The summed E-state index contributed by atoms with van der Waals surface area (Å²) in [4.78, 5) is 110. The molecular weight excluding hydrogens is 594 g/mol. The second-order valence-electron chi connectivity index (χ2n) is 9.46. The molecule has 1 aromatic carbocycles. The summed E-state index contributed by atoms with van der Waals surface area (Å²) in [6, 6.07) is 6.12. The second kappa shape index (κ2) is 18.1. The van der Waals surface area contributed by atoms with Crippen molar-refractivity contribution in [3.8, 4) is 0 Å². The van der Waals surface area contributed by atoms with Gasteiger partial charge in [0, 0.05) is 38.5 Å². The van der Waals surface area contributed by atoms with E-state index in [-0.39, 0.29) is 26.1 Å². The average molecular weight is 630 g/mol. The van der Waals surface area contributed by atoms with Gasteiger partial charge in [0.25, 0.3) is 11.8 Å². The molecule has 0 spiro atoms. The minimum Gasteiger partial charge on any atom is -0.445 e. The zero-order valence-corrected chi connectivity index (χ0v) is 24.7. The molecule has 0 aliphatic carbocycles. The summed E-state index contributed by atoms with van der Waals surface area (Å²) >= 11 is 0. The van der Waals surface area contributed by atoms with Gasteiger partial charge in [-0.15, -0.1) is 0 Å². The summed E-state index contributed by atoms with van der Waals surface area (Å²) in [5, 5.41) is 14.1. The van der Waals surface area contributed by atoms with E-state index >= 15 is 0 Å². The minimum absolute atomic E-state index is 0.0518. The first-order chi connectivity index (χ1) is 21.4. The van der Waals surface area contributed by atoms with Crippen LogP contribution in [0.5, 0.6) is 0 Å². The van der Waals surface area contributed by atoms with Crippen LogP contribution in [0.25, 0.3) is 0 Å². The lowest BCUT2D eigenvalue weighted by Gasteiger charge is -2.25. The Morgan fingerprint density at radius 1 is 0.733 bits per heavy atom. The summed E-state index contributed by atoms with van der Waals surface area (Å²) in [6.45, 7) is 0.297. The molecule has 8 amide bonds. The molecule has 45 heavy (non-hydrogen) atoms. The quantitative estimate of drug-likeness (QED) is 0.0565. The number of carbonyl (C=O) groups excluding carboxylic acids is 9. The van der Waals surface area contributed by atoms with Gasteiger partial charge in [-0.25, -0.2) is 0 Å². The summed E-state index contributed by atoms with van der Waals surface area (Å²) in [5.74, 6) is -6.35. The topological polar surface area (TPSA) is 238 Å². The van der Waals surface area contributed by atoms with Gasteiger partial charge in [0.1, 0.15) is 12.1 Å². The van der Waals surface area contributed by atoms with Gasteiger partial charge >= 0.3 is 5.97 Å². The van der Waals surface area contributed by atoms with Gasteiger partial charge in [-0.2, -0.15) is 0 Å². The Bertz CT molecular complexity index is 1310. The molecule has 6 N–H and O–H groups in total. The molecule has 1 unspecified atom stereocenters. The van der Waals surface area contributed by atoms with Crippen molar-refractivity contribution in [2.45, 2.75) is 38.8 Å². The predicted octanol–water partition coefficient (Wildman–Crippen LogP) is -3.48. The molecule has 2 atom stereocenters. The third-order valence-electron chi connectivity index (χ3n) is 6.04. The van der Waals surface area contributed by atoms with Crippen LogP contribution in [0.3, 0.4) is 0 Å². The van der Waals surface area contributed by atoms with Gasteiger partial charge in [-0.1, -0.05) is 37.3 Å². The Labute approximate surface area is 257 Å². The van der Waals surface area contributed by atoms with E-state index < -0.39 is 84.9 Å². The number of nitrogens with one attached hydrogen (secondary N) is 6. The SMILES string of the molecule is CCC(=O)NCC(C(=O)NCC(=O)NCC(=O)N[C@@H](Cc1ccccc1)C(=O)NCC(=O)NCOC(C)=O)N1C(=O)C=CC1=O.